The number of thioether (sulfide) groups is 1. The molecule has 0 aromatic heterocycles. The summed E-state index contributed by atoms with van der Waals surface area (Å²) in [5.74, 6) is -0.0506. The standard InChI is InChI=1S/C30H26Cl2N2O5S/c1-4-5-21-12-20(13-25(38-3)28(21)39-17-19-7-9-22(31)10-8-19)14-26-29(36)34(30(37)40-26)16-27(35)33-23-11-6-18(2)24(32)15-23/h4,6-15H,1,5,16-17H2,2-3H3,(H,33,35)/b26-14-. The molecule has 40 heavy (non-hydrogen) atoms. The van der Waals surface area contributed by atoms with Crippen molar-refractivity contribution < 1.29 is 23.9 Å². The van der Waals surface area contributed by atoms with Crippen LogP contribution in [-0.2, 0) is 22.6 Å². The van der Waals surface area contributed by atoms with Gasteiger partial charge in [-0.2, -0.15) is 0 Å². The van der Waals surface area contributed by atoms with Crippen LogP contribution >= 0.6 is 35.0 Å². The van der Waals surface area contributed by atoms with E-state index in [4.69, 9.17) is 32.7 Å². The Morgan fingerprint density at radius 2 is 1.85 bits per heavy atom. The van der Waals surface area contributed by atoms with E-state index < -0.39 is 23.6 Å². The Labute approximate surface area is 246 Å². The van der Waals surface area contributed by atoms with E-state index in [9.17, 15) is 14.4 Å². The lowest BCUT2D eigenvalue weighted by Crippen LogP contribution is -2.36. The van der Waals surface area contributed by atoms with Crippen molar-refractivity contribution in [3.63, 3.8) is 0 Å². The largest absolute Gasteiger partial charge is 0.493 e. The average molecular weight is 598 g/mol. The number of methoxy groups -OCH3 is 1. The molecule has 3 aromatic rings. The molecule has 0 aliphatic carbocycles. The lowest BCUT2D eigenvalue weighted by molar-refractivity contribution is -0.127. The fourth-order valence-electron chi connectivity index (χ4n) is 3.93. The van der Waals surface area contributed by atoms with E-state index in [1.54, 1.807) is 48.6 Å². The minimum atomic E-state index is -0.556. The van der Waals surface area contributed by atoms with E-state index in [0.29, 0.717) is 45.8 Å². The van der Waals surface area contributed by atoms with Crippen molar-refractivity contribution in [3.8, 4) is 11.5 Å². The van der Waals surface area contributed by atoms with Crippen LogP contribution < -0.4 is 14.8 Å². The number of amides is 3. The molecule has 0 spiro atoms. The second kappa shape index (κ2) is 13.1. The number of allylic oxidation sites excluding steroid dienone is 1. The minimum Gasteiger partial charge on any atom is -0.493 e. The second-order valence-electron chi connectivity index (χ2n) is 8.90. The molecular weight excluding hydrogens is 571 g/mol. The van der Waals surface area contributed by atoms with Gasteiger partial charge in [-0.25, -0.2) is 0 Å². The van der Waals surface area contributed by atoms with E-state index in [2.05, 4.69) is 11.9 Å². The number of anilines is 1. The van der Waals surface area contributed by atoms with Crippen molar-refractivity contribution in [2.24, 2.45) is 0 Å². The number of rotatable bonds is 10. The van der Waals surface area contributed by atoms with Crippen molar-refractivity contribution in [1.29, 1.82) is 0 Å². The maximum absolute atomic E-state index is 13.1. The summed E-state index contributed by atoms with van der Waals surface area (Å²) < 4.78 is 11.7. The Bertz CT molecular complexity index is 1500. The third-order valence-electron chi connectivity index (χ3n) is 5.96. The molecule has 1 aliphatic rings. The van der Waals surface area contributed by atoms with E-state index in [0.717, 1.165) is 33.4 Å². The molecule has 3 aromatic carbocycles. The third kappa shape index (κ3) is 7.07. The summed E-state index contributed by atoms with van der Waals surface area (Å²) >= 11 is 12.9. The van der Waals surface area contributed by atoms with Gasteiger partial charge in [0, 0.05) is 21.3 Å². The highest BCUT2D eigenvalue weighted by Crippen LogP contribution is 2.37. The summed E-state index contributed by atoms with van der Waals surface area (Å²) in [4.78, 5) is 39.3. The molecule has 0 unspecified atom stereocenters. The Morgan fingerprint density at radius 3 is 2.52 bits per heavy atom. The average Bonchev–Trinajstić information content (AvgIpc) is 3.18. The summed E-state index contributed by atoms with van der Waals surface area (Å²) in [5, 5.41) is 3.27. The Hall–Kier alpha value is -3.72. The molecule has 1 N–H and O–H groups in total. The molecule has 3 amide bonds. The summed E-state index contributed by atoms with van der Waals surface area (Å²) in [6, 6.07) is 16.0. The number of carbonyl (C=O) groups excluding carboxylic acids is 3. The van der Waals surface area contributed by atoms with Gasteiger partial charge in [0.05, 0.1) is 12.0 Å². The highest BCUT2D eigenvalue weighted by Gasteiger charge is 2.36. The first-order valence-corrected chi connectivity index (χ1v) is 13.8. The van der Waals surface area contributed by atoms with Crippen molar-refractivity contribution in [2.75, 3.05) is 19.0 Å². The number of ether oxygens (including phenoxy) is 2. The number of halogens is 2. The molecule has 7 nitrogen and oxygen atoms in total. The molecule has 10 heteroatoms. The summed E-state index contributed by atoms with van der Waals surface area (Å²) in [7, 11) is 1.53. The first-order valence-electron chi connectivity index (χ1n) is 12.2. The fourth-order valence-corrected chi connectivity index (χ4v) is 5.07. The van der Waals surface area contributed by atoms with E-state index >= 15 is 0 Å². The molecule has 0 saturated carbocycles. The highest BCUT2D eigenvalue weighted by molar-refractivity contribution is 8.18. The number of nitrogens with zero attached hydrogens (tertiary/aromatic N) is 1. The SMILES string of the molecule is C=CCc1cc(/C=C2\SC(=O)N(CC(=O)Nc3ccc(C)c(Cl)c3)C2=O)cc(OC)c1OCc1ccc(Cl)cc1. The topological polar surface area (TPSA) is 84.9 Å². The van der Waals surface area contributed by atoms with Gasteiger partial charge in [0.15, 0.2) is 11.5 Å². The van der Waals surface area contributed by atoms with E-state index in [1.807, 2.05) is 25.1 Å². The van der Waals surface area contributed by atoms with Crippen molar-refractivity contribution >= 4 is 63.8 Å². The Morgan fingerprint density at radius 1 is 1.10 bits per heavy atom. The zero-order valence-corrected chi connectivity index (χ0v) is 24.2. The molecule has 0 bridgehead atoms. The van der Waals surface area contributed by atoms with Gasteiger partial charge in [-0.05, 0) is 84.3 Å². The molecule has 206 valence electrons. The minimum absolute atomic E-state index is 0.192. The lowest BCUT2D eigenvalue weighted by Gasteiger charge is -2.16. The number of carbonyl (C=O) groups is 3. The second-order valence-corrected chi connectivity index (χ2v) is 10.7. The van der Waals surface area contributed by atoms with Crippen LogP contribution in [0.15, 0.2) is 72.2 Å². The highest BCUT2D eigenvalue weighted by atomic mass is 35.5. The summed E-state index contributed by atoms with van der Waals surface area (Å²) in [6.07, 6.45) is 3.82. The van der Waals surface area contributed by atoms with Gasteiger partial charge < -0.3 is 14.8 Å². The maximum atomic E-state index is 13.1. The van der Waals surface area contributed by atoms with Crippen LogP contribution in [-0.4, -0.2) is 35.6 Å². The van der Waals surface area contributed by atoms with E-state index in [1.165, 1.54) is 7.11 Å². The zero-order valence-electron chi connectivity index (χ0n) is 21.8. The molecule has 1 saturated heterocycles. The molecule has 1 fully saturated rings. The van der Waals surface area contributed by atoms with Crippen LogP contribution in [0.25, 0.3) is 6.08 Å². The molecule has 4 rings (SSSR count). The summed E-state index contributed by atoms with van der Waals surface area (Å²) in [6.45, 7) is 5.55. The van der Waals surface area contributed by atoms with Crippen LogP contribution in [0.5, 0.6) is 11.5 Å². The van der Waals surface area contributed by atoms with Crippen LogP contribution in [0.3, 0.4) is 0 Å². The fraction of sp³-hybridized carbons (Fsp3) is 0.167. The zero-order chi connectivity index (χ0) is 28.8. The van der Waals surface area contributed by atoms with Gasteiger partial charge in [-0.3, -0.25) is 19.3 Å². The number of nitrogens with one attached hydrogen (secondary N) is 1. The monoisotopic (exact) mass is 596 g/mol. The smallest absolute Gasteiger partial charge is 0.294 e. The van der Waals surface area contributed by atoms with Gasteiger partial charge in [-0.15, -0.1) is 6.58 Å². The normalized spacial score (nSPS) is 14.0. The number of hydrogen-bond acceptors (Lipinski definition) is 6. The maximum Gasteiger partial charge on any atom is 0.294 e. The first kappa shape index (κ1) is 29.3. The van der Waals surface area contributed by atoms with Gasteiger partial charge in [0.25, 0.3) is 11.1 Å². The van der Waals surface area contributed by atoms with Crippen LogP contribution in [0.1, 0.15) is 22.3 Å². The van der Waals surface area contributed by atoms with Crippen molar-refractivity contribution in [3.05, 3.63) is 104 Å². The van der Waals surface area contributed by atoms with Gasteiger partial charge in [0.2, 0.25) is 5.91 Å². The van der Waals surface area contributed by atoms with Gasteiger partial charge in [-0.1, -0.05) is 47.5 Å². The molecule has 0 atom stereocenters. The van der Waals surface area contributed by atoms with Gasteiger partial charge in [0.1, 0.15) is 13.2 Å². The predicted octanol–water partition coefficient (Wildman–Crippen LogP) is 7.29. The summed E-state index contributed by atoms with van der Waals surface area (Å²) in [5.41, 5.74) is 3.71. The molecular formula is C30H26Cl2N2O5S. The number of aryl methyl sites for hydroxylation is 1. The molecule has 1 aliphatic heterocycles. The third-order valence-corrected chi connectivity index (χ3v) is 7.53. The predicted molar refractivity (Wildman–Crippen MR) is 160 cm³/mol. The quantitative estimate of drug-likeness (QED) is 0.195. The Kier molecular flexibility index (Phi) is 9.58. The van der Waals surface area contributed by atoms with Crippen LogP contribution in [0.4, 0.5) is 10.5 Å². The van der Waals surface area contributed by atoms with Crippen molar-refractivity contribution in [2.45, 2.75) is 20.0 Å². The van der Waals surface area contributed by atoms with E-state index in [-0.39, 0.29) is 4.91 Å². The molecule has 1 heterocycles. The van der Waals surface area contributed by atoms with Crippen LogP contribution in [0, 0.1) is 6.92 Å². The first-order chi connectivity index (χ1) is 19.2. The molecule has 0 radical (unpaired) electrons. The van der Waals surface area contributed by atoms with Crippen molar-refractivity contribution in [1.82, 2.24) is 4.90 Å². The number of imide groups is 1. The number of hydrogen-bond donors (Lipinski definition) is 1. The van der Waals surface area contributed by atoms with Gasteiger partial charge >= 0.3 is 0 Å². The number of benzene rings is 3. The Balaban J connectivity index is 1.51. The van der Waals surface area contributed by atoms with Crippen LogP contribution in [0.2, 0.25) is 10.0 Å². The lowest BCUT2D eigenvalue weighted by atomic mass is 10.0.